The summed E-state index contributed by atoms with van der Waals surface area (Å²) in [6, 6.07) is 9.28. The van der Waals surface area contributed by atoms with E-state index in [0.29, 0.717) is 24.5 Å². The van der Waals surface area contributed by atoms with Gasteiger partial charge in [0.2, 0.25) is 0 Å². The summed E-state index contributed by atoms with van der Waals surface area (Å²) in [6.45, 7) is 1.69. The van der Waals surface area contributed by atoms with Crippen LogP contribution in [-0.2, 0) is 9.47 Å². The Balaban J connectivity index is 1.70. The quantitative estimate of drug-likeness (QED) is 0.750. The summed E-state index contributed by atoms with van der Waals surface area (Å²) in [5.41, 5.74) is 0.548. The van der Waals surface area contributed by atoms with Crippen LogP contribution in [0.25, 0.3) is 0 Å². The molecule has 1 atom stereocenters. The second-order valence-corrected chi connectivity index (χ2v) is 4.12. The van der Waals surface area contributed by atoms with Crippen LogP contribution in [0.3, 0.4) is 0 Å². The van der Waals surface area contributed by atoms with Gasteiger partial charge in [0.05, 0.1) is 12.2 Å². The maximum Gasteiger partial charge on any atom is 0.157 e. The Morgan fingerprint density at radius 1 is 1.28 bits per heavy atom. The minimum atomic E-state index is -0.0893. The lowest BCUT2D eigenvalue weighted by molar-refractivity contribution is -0.165. The molecule has 1 aromatic rings. The summed E-state index contributed by atoms with van der Waals surface area (Å²) >= 11 is 0. The van der Waals surface area contributed by atoms with Crippen molar-refractivity contribution >= 4 is 0 Å². The SMILES string of the molecule is N#Cc1ccccc1OCCOC1CCCCO1. The fraction of sp³-hybridized carbons (Fsp3) is 0.500. The molecule has 1 aliphatic heterocycles. The second-order valence-electron chi connectivity index (χ2n) is 4.12. The standard InChI is InChI=1S/C14H17NO3/c15-11-12-5-1-2-6-13(12)16-9-10-18-14-7-3-4-8-17-14/h1-2,5-6,14H,3-4,7-10H2. The maximum atomic E-state index is 8.90. The molecule has 18 heavy (non-hydrogen) atoms. The third-order valence-electron chi connectivity index (χ3n) is 2.79. The number of benzene rings is 1. The average Bonchev–Trinajstić information content (AvgIpc) is 2.45. The Morgan fingerprint density at radius 2 is 2.17 bits per heavy atom. The highest BCUT2D eigenvalue weighted by Gasteiger charge is 2.13. The first-order valence-corrected chi connectivity index (χ1v) is 6.25. The molecule has 1 heterocycles. The van der Waals surface area contributed by atoms with Gasteiger partial charge >= 0.3 is 0 Å². The highest BCUT2D eigenvalue weighted by molar-refractivity contribution is 5.42. The molecule has 1 fully saturated rings. The molecule has 0 amide bonds. The van der Waals surface area contributed by atoms with Gasteiger partial charge in [-0.1, -0.05) is 12.1 Å². The van der Waals surface area contributed by atoms with Crippen molar-refractivity contribution < 1.29 is 14.2 Å². The molecule has 2 rings (SSSR count). The number of nitriles is 1. The number of rotatable bonds is 5. The molecule has 0 aromatic heterocycles. The van der Waals surface area contributed by atoms with Gasteiger partial charge in [-0.2, -0.15) is 5.26 Å². The Labute approximate surface area is 107 Å². The fourth-order valence-corrected chi connectivity index (χ4v) is 1.86. The molecule has 0 radical (unpaired) electrons. The molecular weight excluding hydrogens is 230 g/mol. The van der Waals surface area contributed by atoms with Crippen LogP contribution in [0.1, 0.15) is 24.8 Å². The van der Waals surface area contributed by atoms with Crippen molar-refractivity contribution in [1.82, 2.24) is 0 Å². The molecule has 1 unspecified atom stereocenters. The van der Waals surface area contributed by atoms with Crippen LogP contribution < -0.4 is 4.74 Å². The molecule has 1 aromatic carbocycles. The van der Waals surface area contributed by atoms with E-state index < -0.39 is 0 Å². The van der Waals surface area contributed by atoms with E-state index in [0.717, 1.165) is 25.9 Å². The van der Waals surface area contributed by atoms with Crippen LogP contribution in [0.4, 0.5) is 0 Å². The molecule has 1 aliphatic rings. The van der Waals surface area contributed by atoms with E-state index in [1.54, 1.807) is 12.1 Å². The van der Waals surface area contributed by atoms with Crippen LogP contribution in [0.15, 0.2) is 24.3 Å². The summed E-state index contributed by atoms with van der Waals surface area (Å²) < 4.78 is 16.5. The summed E-state index contributed by atoms with van der Waals surface area (Å²) in [7, 11) is 0. The molecule has 0 aliphatic carbocycles. The Hall–Kier alpha value is -1.57. The van der Waals surface area contributed by atoms with E-state index >= 15 is 0 Å². The predicted octanol–water partition coefficient (Wildman–Crippen LogP) is 2.48. The minimum absolute atomic E-state index is 0.0893. The minimum Gasteiger partial charge on any atom is -0.490 e. The monoisotopic (exact) mass is 247 g/mol. The average molecular weight is 247 g/mol. The molecule has 4 heteroatoms. The van der Waals surface area contributed by atoms with Crippen molar-refractivity contribution in [2.75, 3.05) is 19.8 Å². The van der Waals surface area contributed by atoms with E-state index in [-0.39, 0.29) is 6.29 Å². The highest BCUT2D eigenvalue weighted by Crippen LogP contribution is 2.17. The summed E-state index contributed by atoms with van der Waals surface area (Å²) in [5, 5.41) is 8.90. The van der Waals surface area contributed by atoms with E-state index in [4.69, 9.17) is 19.5 Å². The normalized spacial score (nSPS) is 19.2. The van der Waals surface area contributed by atoms with Gasteiger partial charge in [0.15, 0.2) is 6.29 Å². The first-order valence-electron chi connectivity index (χ1n) is 6.25. The van der Waals surface area contributed by atoms with Crippen molar-refractivity contribution in [1.29, 1.82) is 5.26 Å². The third-order valence-corrected chi connectivity index (χ3v) is 2.79. The number of nitrogens with zero attached hydrogens (tertiary/aromatic N) is 1. The molecule has 1 saturated heterocycles. The lowest BCUT2D eigenvalue weighted by Gasteiger charge is -2.22. The number of para-hydroxylation sites is 1. The third kappa shape index (κ3) is 3.73. The molecule has 0 spiro atoms. The number of hydrogen-bond donors (Lipinski definition) is 0. The first kappa shape index (κ1) is 12.9. The molecule has 4 nitrogen and oxygen atoms in total. The van der Waals surface area contributed by atoms with Gasteiger partial charge in [0.1, 0.15) is 18.4 Å². The molecule has 0 bridgehead atoms. The van der Waals surface area contributed by atoms with Gasteiger partial charge < -0.3 is 14.2 Å². The Bertz CT molecular complexity index is 408. The van der Waals surface area contributed by atoms with Gasteiger partial charge in [-0.05, 0) is 31.4 Å². The first-order chi connectivity index (χ1) is 8.90. The van der Waals surface area contributed by atoms with Crippen molar-refractivity contribution in [2.45, 2.75) is 25.6 Å². The van der Waals surface area contributed by atoms with Crippen LogP contribution in [0, 0.1) is 11.3 Å². The van der Waals surface area contributed by atoms with E-state index in [2.05, 4.69) is 6.07 Å². The van der Waals surface area contributed by atoms with Crippen LogP contribution in [0.2, 0.25) is 0 Å². The lowest BCUT2D eigenvalue weighted by Crippen LogP contribution is -2.24. The van der Waals surface area contributed by atoms with Crippen LogP contribution in [-0.4, -0.2) is 26.1 Å². The van der Waals surface area contributed by atoms with Gasteiger partial charge in [-0.25, -0.2) is 0 Å². The van der Waals surface area contributed by atoms with Gasteiger partial charge in [-0.3, -0.25) is 0 Å². The number of hydrogen-bond acceptors (Lipinski definition) is 4. The molecule has 96 valence electrons. The molecule has 0 saturated carbocycles. The van der Waals surface area contributed by atoms with Crippen molar-refractivity contribution in [2.24, 2.45) is 0 Å². The summed E-state index contributed by atoms with van der Waals surface area (Å²) in [4.78, 5) is 0. The Kier molecular flexibility index (Phi) is 5.00. The Morgan fingerprint density at radius 3 is 2.94 bits per heavy atom. The van der Waals surface area contributed by atoms with Crippen molar-refractivity contribution in [3.05, 3.63) is 29.8 Å². The summed E-state index contributed by atoms with van der Waals surface area (Å²) in [6.07, 6.45) is 3.14. The van der Waals surface area contributed by atoms with Gasteiger partial charge in [-0.15, -0.1) is 0 Å². The van der Waals surface area contributed by atoms with Crippen LogP contribution in [0.5, 0.6) is 5.75 Å². The topological polar surface area (TPSA) is 51.5 Å². The fourth-order valence-electron chi connectivity index (χ4n) is 1.86. The molecular formula is C14H17NO3. The van der Waals surface area contributed by atoms with Gasteiger partial charge in [0.25, 0.3) is 0 Å². The van der Waals surface area contributed by atoms with Crippen LogP contribution >= 0.6 is 0 Å². The molecule has 0 N–H and O–H groups in total. The largest absolute Gasteiger partial charge is 0.490 e. The van der Waals surface area contributed by atoms with E-state index in [1.165, 1.54) is 0 Å². The highest BCUT2D eigenvalue weighted by atomic mass is 16.7. The number of ether oxygens (including phenoxy) is 3. The zero-order valence-corrected chi connectivity index (χ0v) is 10.3. The zero-order valence-electron chi connectivity index (χ0n) is 10.3. The van der Waals surface area contributed by atoms with E-state index in [9.17, 15) is 0 Å². The lowest BCUT2D eigenvalue weighted by atomic mass is 10.2. The van der Waals surface area contributed by atoms with E-state index in [1.807, 2.05) is 12.1 Å². The summed E-state index contributed by atoms with van der Waals surface area (Å²) in [5.74, 6) is 0.605. The smallest absolute Gasteiger partial charge is 0.157 e. The van der Waals surface area contributed by atoms with Crippen molar-refractivity contribution in [3.8, 4) is 11.8 Å². The van der Waals surface area contributed by atoms with Crippen molar-refractivity contribution in [3.63, 3.8) is 0 Å². The maximum absolute atomic E-state index is 8.90. The zero-order chi connectivity index (χ0) is 12.6. The van der Waals surface area contributed by atoms with Gasteiger partial charge in [0, 0.05) is 6.61 Å². The predicted molar refractivity (Wildman–Crippen MR) is 66.2 cm³/mol. The second kappa shape index (κ2) is 7.00.